The third-order valence-electron chi connectivity index (χ3n) is 5.50. The van der Waals surface area contributed by atoms with Gasteiger partial charge in [0.05, 0.1) is 15.5 Å². The predicted molar refractivity (Wildman–Crippen MR) is 147 cm³/mol. The molecule has 2 aromatic carbocycles. The number of carbonyl (C=O) groups excluding carboxylic acids is 2. The SMILES string of the molecule is O=C1NC(=O)/C(=C/c2cc(OCc3ccccc3)nc(NCCNS(=O)(=O)c3cccc4cnccc34)n2)S1. The maximum Gasteiger partial charge on any atom is 0.290 e. The highest BCUT2D eigenvalue weighted by Gasteiger charge is 2.25. The number of hydrogen-bond acceptors (Lipinski definition) is 10. The normalized spacial score (nSPS) is 14.5. The summed E-state index contributed by atoms with van der Waals surface area (Å²) in [5.74, 6) is -0.107. The van der Waals surface area contributed by atoms with Crippen molar-refractivity contribution in [3.05, 3.63) is 89.2 Å². The van der Waals surface area contributed by atoms with E-state index in [1.807, 2.05) is 30.3 Å². The Bertz CT molecular complexity index is 1670. The number of anilines is 1. The topological polar surface area (TPSA) is 152 Å². The number of thioether (sulfide) groups is 1. The number of fused-ring (bicyclic) bond motifs is 1. The molecule has 0 saturated carbocycles. The Morgan fingerprint density at radius 3 is 2.64 bits per heavy atom. The molecule has 1 aliphatic rings. The average molecular weight is 563 g/mol. The molecule has 0 radical (unpaired) electrons. The van der Waals surface area contributed by atoms with Gasteiger partial charge in [-0.3, -0.25) is 19.9 Å². The van der Waals surface area contributed by atoms with Gasteiger partial charge < -0.3 is 10.1 Å². The van der Waals surface area contributed by atoms with Gasteiger partial charge in [0.25, 0.3) is 11.1 Å². The number of rotatable bonds is 10. The third-order valence-corrected chi connectivity index (χ3v) is 7.83. The van der Waals surface area contributed by atoms with Crippen LogP contribution in [0.25, 0.3) is 16.8 Å². The van der Waals surface area contributed by atoms with Gasteiger partial charge in [0, 0.05) is 42.3 Å². The minimum atomic E-state index is -3.80. The van der Waals surface area contributed by atoms with Gasteiger partial charge in [-0.1, -0.05) is 42.5 Å². The second kappa shape index (κ2) is 11.6. The molecule has 0 bridgehead atoms. The lowest BCUT2D eigenvalue weighted by Gasteiger charge is -2.12. The summed E-state index contributed by atoms with van der Waals surface area (Å²) in [5, 5.41) is 6.02. The van der Waals surface area contributed by atoms with Crippen LogP contribution >= 0.6 is 11.8 Å². The predicted octanol–water partition coefficient (Wildman–Crippen LogP) is 3.32. The van der Waals surface area contributed by atoms with Crippen molar-refractivity contribution in [2.24, 2.45) is 0 Å². The van der Waals surface area contributed by atoms with Gasteiger partial charge in [0.2, 0.25) is 21.9 Å². The molecule has 0 unspecified atom stereocenters. The second-order valence-corrected chi connectivity index (χ2v) is 11.0. The van der Waals surface area contributed by atoms with E-state index in [0.717, 1.165) is 22.7 Å². The molecular weight excluding hydrogens is 540 g/mol. The lowest BCUT2D eigenvalue weighted by molar-refractivity contribution is -0.115. The number of nitrogens with zero attached hydrogens (tertiary/aromatic N) is 3. The summed E-state index contributed by atoms with van der Waals surface area (Å²) in [4.78, 5) is 36.7. The van der Waals surface area contributed by atoms with Crippen molar-refractivity contribution in [1.29, 1.82) is 0 Å². The zero-order valence-electron chi connectivity index (χ0n) is 20.3. The van der Waals surface area contributed by atoms with Crippen LogP contribution in [0.4, 0.5) is 10.7 Å². The number of aromatic nitrogens is 3. The van der Waals surface area contributed by atoms with Gasteiger partial charge in [-0.2, -0.15) is 4.98 Å². The highest BCUT2D eigenvalue weighted by molar-refractivity contribution is 8.18. The van der Waals surface area contributed by atoms with Gasteiger partial charge in [0.15, 0.2) is 0 Å². The van der Waals surface area contributed by atoms with E-state index in [4.69, 9.17) is 4.74 Å². The van der Waals surface area contributed by atoms with Crippen LogP contribution in [0.1, 0.15) is 11.3 Å². The highest BCUT2D eigenvalue weighted by atomic mass is 32.2. The summed E-state index contributed by atoms with van der Waals surface area (Å²) in [6.07, 6.45) is 4.62. The fourth-order valence-corrected chi connectivity index (χ4v) is 5.65. The van der Waals surface area contributed by atoms with Crippen LogP contribution in [-0.4, -0.2) is 47.6 Å². The Morgan fingerprint density at radius 1 is 1.00 bits per heavy atom. The Hall–Kier alpha value is -4.33. The van der Waals surface area contributed by atoms with Crippen LogP contribution < -0.4 is 20.1 Å². The second-order valence-electron chi connectivity index (χ2n) is 8.26. The number of benzene rings is 2. The molecule has 4 aromatic rings. The molecule has 3 N–H and O–H groups in total. The number of pyridine rings is 1. The number of sulfonamides is 1. The molecular formula is C26H22N6O5S2. The minimum absolute atomic E-state index is 0.0471. The van der Waals surface area contributed by atoms with Crippen molar-refractivity contribution >= 4 is 55.7 Å². The molecule has 5 rings (SSSR count). The van der Waals surface area contributed by atoms with Gasteiger partial charge in [-0.25, -0.2) is 18.1 Å². The quantitative estimate of drug-likeness (QED) is 0.194. The van der Waals surface area contributed by atoms with Gasteiger partial charge >= 0.3 is 0 Å². The maximum absolute atomic E-state index is 13.0. The monoisotopic (exact) mass is 562 g/mol. The van der Waals surface area contributed by atoms with Gasteiger partial charge in [-0.05, 0) is 35.5 Å². The first-order valence-corrected chi connectivity index (χ1v) is 14.0. The summed E-state index contributed by atoms with van der Waals surface area (Å²) < 4.78 is 34.3. The van der Waals surface area contributed by atoms with Crippen LogP contribution in [-0.2, 0) is 21.4 Å². The summed E-state index contributed by atoms with van der Waals surface area (Å²) in [7, 11) is -3.80. The van der Waals surface area contributed by atoms with Crippen molar-refractivity contribution in [1.82, 2.24) is 25.0 Å². The molecule has 2 amide bonds. The molecule has 198 valence electrons. The molecule has 3 heterocycles. The standard InChI is InChI=1S/C26H22N6O5S2/c33-24-21(38-26(34)32-24)13-19-14-23(37-16-17-5-2-1-3-6-17)31-25(30-19)28-11-12-29-39(35,36)22-8-4-7-18-15-27-10-9-20(18)22/h1-10,13-15,29H,11-12,16H2,(H,28,30,31)(H,32,33,34)/b21-13-. The minimum Gasteiger partial charge on any atom is -0.473 e. The first-order chi connectivity index (χ1) is 18.9. The van der Waals surface area contributed by atoms with E-state index in [-0.39, 0.29) is 41.3 Å². The van der Waals surface area contributed by atoms with Gasteiger partial charge in [0.1, 0.15) is 6.61 Å². The van der Waals surface area contributed by atoms with Crippen LogP contribution in [0, 0.1) is 0 Å². The van der Waals surface area contributed by atoms with E-state index in [1.54, 1.807) is 36.7 Å². The van der Waals surface area contributed by atoms with Crippen LogP contribution in [0.3, 0.4) is 0 Å². The van der Waals surface area contributed by atoms with E-state index in [9.17, 15) is 18.0 Å². The van der Waals surface area contributed by atoms with E-state index in [2.05, 4.69) is 30.3 Å². The number of nitrogens with one attached hydrogen (secondary N) is 3. The Labute approximate surface area is 228 Å². The van der Waals surface area contributed by atoms with Crippen molar-refractivity contribution in [2.45, 2.75) is 11.5 Å². The lowest BCUT2D eigenvalue weighted by Crippen LogP contribution is -2.29. The third kappa shape index (κ3) is 6.57. The number of carbonyl (C=O) groups is 2. The molecule has 39 heavy (non-hydrogen) atoms. The van der Waals surface area contributed by atoms with Crippen LogP contribution in [0.5, 0.6) is 5.88 Å². The van der Waals surface area contributed by atoms with E-state index in [1.165, 1.54) is 12.1 Å². The van der Waals surface area contributed by atoms with E-state index >= 15 is 0 Å². The average Bonchev–Trinajstić information content (AvgIpc) is 3.26. The van der Waals surface area contributed by atoms with Crippen molar-refractivity contribution < 1.29 is 22.7 Å². The van der Waals surface area contributed by atoms with Crippen molar-refractivity contribution in [3.63, 3.8) is 0 Å². The molecule has 13 heteroatoms. The Kier molecular flexibility index (Phi) is 7.81. The smallest absolute Gasteiger partial charge is 0.290 e. The number of amides is 2. The fraction of sp³-hybridized carbons (Fsp3) is 0.115. The molecule has 0 aliphatic carbocycles. The zero-order valence-corrected chi connectivity index (χ0v) is 22.0. The molecule has 2 aromatic heterocycles. The van der Waals surface area contributed by atoms with E-state index in [0.29, 0.717) is 11.1 Å². The molecule has 1 saturated heterocycles. The molecule has 0 atom stereocenters. The van der Waals surface area contributed by atoms with Crippen molar-refractivity contribution in [2.75, 3.05) is 18.4 Å². The van der Waals surface area contributed by atoms with Gasteiger partial charge in [-0.15, -0.1) is 0 Å². The summed E-state index contributed by atoms with van der Waals surface area (Å²) in [6, 6.07) is 17.7. The van der Waals surface area contributed by atoms with E-state index < -0.39 is 21.2 Å². The number of ether oxygens (including phenoxy) is 1. The largest absolute Gasteiger partial charge is 0.473 e. The Morgan fingerprint density at radius 2 is 1.85 bits per heavy atom. The fourth-order valence-electron chi connectivity index (χ4n) is 3.72. The lowest BCUT2D eigenvalue weighted by atomic mass is 10.2. The van der Waals surface area contributed by atoms with Crippen LogP contribution in [0.15, 0.2) is 82.9 Å². The number of imide groups is 1. The first kappa shape index (κ1) is 26.3. The van der Waals surface area contributed by atoms with Crippen LogP contribution in [0.2, 0.25) is 0 Å². The van der Waals surface area contributed by atoms with Crippen molar-refractivity contribution in [3.8, 4) is 5.88 Å². The summed E-state index contributed by atoms with van der Waals surface area (Å²) >= 11 is 0.773. The number of hydrogen-bond donors (Lipinski definition) is 3. The summed E-state index contributed by atoms with van der Waals surface area (Å²) in [5.41, 5.74) is 1.27. The molecule has 1 fully saturated rings. The summed E-state index contributed by atoms with van der Waals surface area (Å²) in [6.45, 7) is 0.463. The zero-order chi connectivity index (χ0) is 27.2. The maximum atomic E-state index is 13.0. The first-order valence-electron chi connectivity index (χ1n) is 11.7. The molecule has 0 spiro atoms. The molecule has 1 aliphatic heterocycles. The highest BCUT2D eigenvalue weighted by Crippen LogP contribution is 2.26. The Balaban J connectivity index is 1.29. The molecule has 11 nitrogen and oxygen atoms in total.